The van der Waals surface area contributed by atoms with Gasteiger partial charge in [0.2, 0.25) is 0 Å². The van der Waals surface area contributed by atoms with Crippen molar-refractivity contribution in [2.45, 2.75) is 72.4 Å². The standard InChI is InChI=1S/C14H32N2/c1-5-9-12-16(13-10-6-2)14(8-4)15-11-7-3/h14-15H,5-13H2,1-4H3. The Labute approximate surface area is 103 Å². The molecule has 0 amide bonds. The molecule has 0 saturated carbocycles. The zero-order valence-electron chi connectivity index (χ0n) is 11.9. The Bertz CT molecular complexity index is 129. The van der Waals surface area contributed by atoms with Gasteiger partial charge in [-0.1, -0.05) is 40.5 Å². The summed E-state index contributed by atoms with van der Waals surface area (Å²) in [5.41, 5.74) is 0. The van der Waals surface area contributed by atoms with Crippen molar-refractivity contribution in [1.82, 2.24) is 10.2 Å². The first kappa shape index (κ1) is 15.9. The first-order valence-corrected chi connectivity index (χ1v) is 7.27. The Morgan fingerprint density at radius 1 is 0.875 bits per heavy atom. The van der Waals surface area contributed by atoms with E-state index in [1.54, 1.807) is 0 Å². The van der Waals surface area contributed by atoms with E-state index in [9.17, 15) is 0 Å². The van der Waals surface area contributed by atoms with Crippen LogP contribution < -0.4 is 5.32 Å². The Hall–Kier alpha value is -0.0800. The van der Waals surface area contributed by atoms with Crippen molar-refractivity contribution in [2.75, 3.05) is 19.6 Å². The molecule has 0 aliphatic carbocycles. The van der Waals surface area contributed by atoms with E-state index in [-0.39, 0.29) is 0 Å². The lowest BCUT2D eigenvalue weighted by Gasteiger charge is -2.31. The van der Waals surface area contributed by atoms with Gasteiger partial charge in [0.05, 0.1) is 6.17 Å². The lowest BCUT2D eigenvalue weighted by atomic mass is 10.2. The van der Waals surface area contributed by atoms with Gasteiger partial charge < -0.3 is 5.32 Å². The summed E-state index contributed by atoms with van der Waals surface area (Å²) >= 11 is 0. The van der Waals surface area contributed by atoms with Crippen molar-refractivity contribution in [3.8, 4) is 0 Å². The highest BCUT2D eigenvalue weighted by atomic mass is 15.3. The lowest BCUT2D eigenvalue weighted by molar-refractivity contribution is 0.155. The van der Waals surface area contributed by atoms with Crippen molar-refractivity contribution in [3.63, 3.8) is 0 Å². The average molecular weight is 228 g/mol. The van der Waals surface area contributed by atoms with Crippen LogP contribution >= 0.6 is 0 Å². The van der Waals surface area contributed by atoms with Crippen LogP contribution in [0.15, 0.2) is 0 Å². The smallest absolute Gasteiger partial charge is 0.0594 e. The third kappa shape index (κ3) is 7.24. The molecule has 0 aromatic heterocycles. The average Bonchev–Trinajstić information content (AvgIpc) is 2.32. The summed E-state index contributed by atoms with van der Waals surface area (Å²) < 4.78 is 0. The van der Waals surface area contributed by atoms with E-state index in [1.165, 1.54) is 51.6 Å². The molecule has 0 aromatic carbocycles. The molecule has 0 radical (unpaired) electrons. The van der Waals surface area contributed by atoms with Crippen molar-refractivity contribution >= 4 is 0 Å². The fourth-order valence-corrected chi connectivity index (χ4v) is 1.99. The molecule has 16 heavy (non-hydrogen) atoms. The van der Waals surface area contributed by atoms with Gasteiger partial charge in [-0.05, 0) is 45.3 Å². The third-order valence-corrected chi connectivity index (χ3v) is 3.06. The number of hydrogen-bond donors (Lipinski definition) is 1. The molecule has 1 N–H and O–H groups in total. The molecule has 98 valence electrons. The van der Waals surface area contributed by atoms with E-state index in [0.717, 1.165) is 6.54 Å². The quantitative estimate of drug-likeness (QED) is 0.543. The van der Waals surface area contributed by atoms with Crippen molar-refractivity contribution < 1.29 is 0 Å². The highest BCUT2D eigenvalue weighted by Gasteiger charge is 2.14. The monoisotopic (exact) mass is 228 g/mol. The van der Waals surface area contributed by atoms with Crippen LogP contribution in [0.2, 0.25) is 0 Å². The van der Waals surface area contributed by atoms with E-state index >= 15 is 0 Å². The minimum atomic E-state index is 0.595. The molecule has 0 spiro atoms. The summed E-state index contributed by atoms with van der Waals surface area (Å²) in [6.45, 7) is 12.7. The maximum absolute atomic E-state index is 3.66. The van der Waals surface area contributed by atoms with E-state index in [0.29, 0.717) is 6.17 Å². The van der Waals surface area contributed by atoms with Gasteiger partial charge in [-0.15, -0.1) is 0 Å². The molecule has 1 atom stereocenters. The summed E-state index contributed by atoms with van der Waals surface area (Å²) in [6.07, 6.45) is 8.29. The topological polar surface area (TPSA) is 15.3 Å². The van der Waals surface area contributed by atoms with Crippen LogP contribution in [0, 0.1) is 0 Å². The number of rotatable bonds is 11. The van der Waals surface area contributed by atoms with Gasteiger partial charge in [0.25, 0.3) is 0 Å². The molecule has 0 aliphatic rings. The minimum Gasteiger partial charge on any atom is -0.302 e. The number of nitrogens with zero attached hydrogens (tertiary/aromatic N) is 1. The van der Waals surface area contributed by atoms with Gasteiger partial charge in [0.15, 0.2) is 0 Å². The van der Waals surface area contributed by atoms with Crippen LogP contribution in [-0.2, 0) is 0 Å². The molecule has 0 bridgehead atoms. The Morgan fingerprint density at radius 3 is 1.81 bits per heavy atom. The van der Waals surface area contributed by atoms with Crippen LogP contribution in [0.5, 0.6) is 0 Å². The van der Waals surface area contributed by atoms with Crippen LogP contribution in [0.4, 0.5) is 0 Å². The first-order valence-electron chi connectivity index (χ1n) is 7.27. The molecule has 2 nitrogen and oxygen atoms in total. The van der Waals surface area contributed by atoms with E-state index < -0.39 is 0 Å². The van der Waals surface area contributed by atoms with Crippen LogP contribution in [0.25, 0.3) is 0 Å². The predicted octanol–water partition coefficient (Wildman–Crippen LogP) is 3.62. The second-order valence-corrected chi connectivity index (χ2v) is 4.62. The number of hydrogen-bond acceptors (Lipinski definition) is 2. The van der Waals surface area contributed by atoms with Gasteiger partial charge in [0.1, 0.15) is 0 Å². The largest absolute Gasteiger partial charge is 0.302 e. The number of nitrogens with one attached hydrogen (secondary N) is 1. The summed E-state index contributed by atoms with van der Waals surface area (Å²) in [4.78, 5) is 2.64. The summed E-state index contributed by atoms with van der Waals surface area (Å²) in [7, 11) is 0. The predicted molar refractivity (Wildman–Crippen MR) is 73.8 cm³/mol. The maximum Gasteiger partial charge on any atom is 0.0594 e. The zero-order chi connectivity index (χ0) is 12.2. The molecule has 0 aromatic rings. The van der Waals surface area contributed by atoms with Crippen LogP contribution in [0.3, 0.4) is 0 Å². The number of unbranched alkanes of at least 4 members (excludes halogenated alkanes) is 2. The normalized spacial score (nSPS) is 13.3. The van der Waals surface area contributed by atoms with Crippen LogP contribution in [0.1, 0.15) is 66.2 Å². The van der Waals surface area contributed by atoms with Crippen molar-refractivity contribution in [1.29, 1.82) is 0 Å². The third-order valence-electron chi connectivity index (χ3n) is 3.06. The van der Waals surface area contributed by atoms with Gasteiger partial charge >= 0.3 is 0 Å². The van der Waals surface area contributed by atoms with Gasteiger partial charge in [-0.3, -0.25) is 4.90 Å². The van der Waals surface area contributed by atoms with Gasteiger partial charge in [-0.2, -0.15) is 0 Å². The molecule has 1 unspecified atom stereocenters. The zero-order valence-corrected chi connectivity index (χ0v) is 11.9. The summed E-state index contributed by atoms with van der Waals surface area (Å²) in [6, 6.07) is 0. The second kappa shape index (κ2) is 11.4. The SMILES string of the molecule is CCCCN(CCCC)C(CC)NCCC. The molecular formula is C14H32N2. The molecule has 2 heteroatoms. The maximum atomic E-state index is 3.66. The molecule has 0 fully saturated rings. The fourth-order valence-electron chi connectivity index (χ4n) is 1.99. The van der Waals surface area contributed by atoms with Crippen molar-refractivity contribution in [3.05, 3.63) is 0 Å². The fraction of sp³-hybridized carbons (Fsp3) is 1.00. The molecule has 0 heterocycles. The van der Waals surface area contributed by atoms with Crippen LogP contribution in [-0.4, -0.2) is 30.7 Å². The second-order valence-electron chi connectivity index (χ2n) is 4.62. The summed E-state index contributed by atoms with van der Waals surface area (Å²) in [5, 5.41) is 3.66. The van der Waals surface area contributed by atoms with Gasteiger partial charge in [0, 0.05) is 0 Å². The Morgan fingerprint density at radius 2 is 1.44 bits per heavy atom. The van der Waals surface area contributed by atoms with Gasteiger partial charge in [-0.25, -0.2) is 0 Å². The highest BCUT2D eigenvalue weighted by molar-refractivity contribution is 4.68. The molecule has 0 rings (SSSR count). The molecule has 0 saturated heterocycles. The Kier molecular flexibility index (Phi) is 11.3. The van der Waals surface area contributed by atoms with E-state index in [2.05, 4.69) is 37.9 Å². The Balaban J connectivity index is 4.06. The lowest BCUT2D eigenvalue weighted by Crippen LogP contribution is -2.46. The van der Waals surface area contributed by atoms with E-state index in [1.807, 2.05) is 0 Å². The van der Waals surface area contributed by atoms with Crippen molar-refractivity contribution in [2.24, 2.45) is 0 Å². The minimum absolute atomic E-state index is 0.595. The summed E-state index contributed by atoms with van der Waals surface area (Å²) in [5.74, 6) is 0. The molecule has 0 aliphatic heterocycles. The highest BCUT2D eigenvalue weighted by Crippen LogP contribution is 2.06. The molecular weight excluding hydrogens is 196 g/mol. The first-order chi connectivity index (χ1) is 7.79. The van der Waals surface area contributed by atoms with E-state index in [4.69, 9.17) is 0 Å².